The van der Waals surface area contributed by atoms with Crippen molar-refractivity contribution in [3.8, 4) is 5.75 Å². The predicted octanol–water partition coefficient (Wildman–Crippen LogP) is 1.69. The fraction of sp³-hybridized carbons (Fsp3) is 0.571. The van der Waals surface area contributed by atoms with Crippen LogP contribution in [0, 0.1) is 0 Å². The average molecular weight is 305 g/mol. The number of nitrogens with one attached hydrogen (secondary N) is 1. The number of rotatable bonds is 7. The molecule has 0 heterocycles. The summed E-state index contributed by atoms with van der Waals surface area (Å²) in [6.45, 7) is -0.572. The summed E-state index contributed by atoms with van der Waals surface area (Å²) in [6.07, 6.45) is -3.62. The minimum Gasteiger partial charge on any atom is -0.490 e. The molecule has 0 aromatic heterocycles. The van der Waals surface area contributed by atoms with Crippen molar-refractivity contribution in [1.82, 2.24) is 5.32 Å². The Labute approximate surface area is 120 Å². The number of hydrogen-bond acceptors (Lipinski definition) is 4. The first-order valence-electron chi connectivity index (χ1n) is 6.75. The van der Waals surface area contributed by atoms with Gasteiger partial charge in [0.05, 0.1) is 12.2 Å². The lowest BCUT2D eigenvalue weighted by atomic mass is 10.1. The maximum atomic E-state index is 13.0. The largest absolute Gasteiger partial charge is 0.490 e. The normalized spacial score (nSPS) is 16.8. The van der Waals surface area contributed by atoms with Crippen LogP contribution in [0.15, 0.2) is 18.2 Å². The molecule has 0 bridgehead atoms. The van der Waals surface area contributed by atoms with Gasteiger partial charge in [-0.15, -0.1) is 0 Å². The van der Waals surface area contributed by atoms with E-state index in [9.17, 15) is 13.2 Å². The number of aliphatic hydroxyl groups excluding tert-OH is 2. The van der Waals surface area contributed by atoms with E-state index in [0.29, 0.717) is 18.2 Å². The van der Waals surface area contributed by atoms with Gasteiger partial charge < -0.3 is 20.3 Å². The van der Waals surface area contributed by atoms with Crippen molar-refractivity contribution < 1.29 is 28.1 Å². The summed E-state index contributed by atoms with van der Waals surface area (Å²) in [6, 6.07) is 4.27. The molecular weight excluding hydrogens is 287 g/mol. The molecule has 118 valence electrons. The highest BCUT2D eigenvalue weighted by Crippen LogP contribution is 2.37. The average Bonchev–Trinajstić information content (AvgIpc) is 3.26. The van der Waals surface area contributed by atoms with Crippen LogP contribution < -0.4 is 10.1 Å². The molecule has 21 heavy (non-hydrogen) atoms. The van der Waals surface area contributed by atoms with Crippen molar-refractivity contribution in [2.75, 3.05) is 13.2 Å². The van der Waals surface area contributed by atoms with Crippen LogP contribution in [0.25, 0.3) is 0 Å². The van der Waals surface area contributed by atoms with Crippen LogP contribution in [0.1, 0.15) is 24.0 Å². The number of alkyl halides is 3. The van der Waals surface area contributed by atoms with Gasteiger partial charge >= 0.3 is 6.18 Å². The monoisotopic (exact) mass is 305 g/mol. The third-order valence-corrected chi connectivity index (χ3v) is 3.16. The molecule has 0 saturated heterocycles. The second-order valence-electron chi connectivity index (χ2n) is 5.13. The summed E-state index contributed by atoms with van der Waals surface area (Å²) in [5, 5.41) is 21.0. The maximum Gasteiger partial charge on any atom is 0.419 e. The Balaban J connectivity index is 2.10. The molecule has 1 saturated carbocycles. The van der Waals surface area contributed by atoms with Crippen LogP contribution in [0.5, 0.6) is 5.75 Å². The van der Waals surface area contributed by atoms with Gasteiger partial charge in [-0.05, 0) is 30.5 Å². The smallest absolute Gasteiger partial charge is 0.419 e. The Morgan fingerprint density at radius 2 is 2.05 bits per heavy atom. The molecule has 1 atom stereocenters. The van der Waals surface area contributed by atoms with Crippen LogP contribution >= 0.6 is 0 Å². The zero-order valence-electron chi connectivity index (χ0n) is 11.4. The third-order valence-electron chi connectivity index (χ3n) is 3.16. The molecule has 2 rings (SSSR count). The van der Waals surface area contributed by atoms with E-state index in [-0.39, 0.29) is 12.4 Å². The molecule has 1 fully saturated rings. The van der Waals surface area contributed by atoms with Gasteiger partial charge in [-0.1, -0.05) is 6.07 Å². The molecule has 3 N–H and O–H groups in total. The molecule has 1 aromatic rings. The summed E-state index contributed by atoms with van der Waals surface area (Å²) < 4.78 is 44.1. The van der Waals surface area contributed by atoms with E-state index in [2.05, 4.69) is 5.32 Å². The highest BCUT2D eigenvalue weighted by Gasteiger charge is 2.35. The summed E-state index contributed by atoms with van der Waals surface area (Å²) in [5.74, 6) is -0.342. The van der Waals surface area contributed by atoms with Crippen molar-refractivity contribution in [2.24, 2.45) is 0 Å². The Hall–Kier alpha value is -1.31. The Kier molecular flexibility index (Phi) is 5.08. The summed E-state index contributed by atoms with van der Waals surface area (Å²) in [4.78, 5) is 0. The molecule has 1 aromatic carbocycles. The highest BCUT2D eigenvalue weighted by molar-refractivity contribution is 5.39. The van der Waals surface area contributed by atoms with Crippen LogP contribution in [-0.2, 0) is 12.7 Å². The standard InChI is InChI=1S/C14H18F3NO3/c15-14(16,17)12-5-9(6-18-10-2-3-10)1-4-13(12)21-8-11(20)7-19/h1,4-5,10-11,18-20H,2-3,6-8H2. The molecule has 0 aliphatic heterocycles. The first-order valence-corrected chi connectivity index (χ1v) is 6.75. The predicted molar refractivity (Wildman–Crippen MR) is 69.9 cm³/mol. The van der Waals surface area contributed by atoms with E-state index < -0.39 is 24.5 Å². The van der Waals surface area contributed by atoms with Gasteiger partial charge in [0, 0.05) is 12.6 Å². The van der Waals surface area contributed by atoms with Crippen LogP contribution in [0.2, 0.25) is 0 Å². The first kappa shape index (κ1) is 16.1. The third kappa shape index (κ3) is 4.87. The highest BCUT2D eigenvalue weighted by atomic mass is 19.4. The van der Waals surface area contributed by atoms with Gasteiger partial charge in [0.1, 0.15) is 18.5 Å². The van der Waals surface area contributed by atoms with E-state index >= 15 is 0 Å². The van der Waals surface area contributed by atoms with Crippen molar-refractivity contribution in [2.45, 2.75) is 37.7 Å². The first-order chi connectivity index (χ1) is 9.90. The lowest BCUT2D eigenvalue weighted by molar-refractivity contribution is -0.139. The molecule has 0 radical (unpaired) electrons. The second kappa shape index (κ2) is 6.64. The topological polar surface area (TPSA) is 61.7 Å². The van der Waals surface area contributed by atoms with E-state index in [0.717, 1.165) is 18.9 Å². The van der Waals surface area contributed by atoms with Crippen molar-refractivity contribution in [1.29, 1.82) is 0 Å². The Bertz CT molecular complexity index is 475. The van der Waals surface area contributed by atoms with Gasteiger partial charge in [0.2, 0.25) is 0 Å². The maximum absolute atomic E-state index is 13.0. The van der Waals surface area contributed by atoms with Gasteiger partial charge in [0.15, 0.2) is 0 Å². The van der Waals surface area contributed by atoms with Crippen molar-refractivity contribution >= 4 is 0 Å². The number of benzene rings is 1. The minimum atomic E-state index is -4.53. The lowest BCUT2D eigenvalue weighted by Crippen LogP contribution is -2.22. The molecule has 0 amide bonds. The molecule has 0 spiro atoms. The number of halogens is 3. The Morgan fingerprint density at radius 3 is 2.62 bits per heavy atom. The van der Waals surface area contributed by atoms with E-state index in [1.54, 1.807) is 6.07 Å². The van der Waals surface area contributed by atoms with Gasteiger partial charge in [-0.25, -0.2) is 0 Å². The molecule has 1 aliphatic carbocycles. The van der Waals surface area contributed by atoms with Crippen LogP contribution in [-0.4, -0.2) is 35.6 Å². The number of aliphatic hydroxyl groups is 2. The summed E-state index contributed by atoms with van der Waals surface area (Å²) in [7, 11) is 0. The van der Waals surface area contributed by atoms with E-state index in [1.165, 1.54) is 6.07 Å². The SMILES string of the molecule is OCC(O)COc1ccc(CNC2CC2)cc1C(F)(F)F. The molecular formula is C14H18F3NO3. The zero-order valence-corrected chi connectivity index (χ0v) is 11.4. The van der Waals surface area contributed by atoms with Gasteiger partial charge in [-0.2, -0.15) is 13.2 Å². The van der Waals surface area contributed by atoms with Gasteiger partial charge in [0.25, 0.3) is 0 Å². The zero-order chi connectivity index (χ0) is 15.5. The Morgan fingerprint density at radius 1 is 1.33 bits per heavy atom. The molecule has 1 aliphatic rings. The fourth-order valence-corrected chi connectivity index (χ4v) is 1.82. The lowest BCUT2D eigenvalue weighted by Gasteiger charge is -2.17. The molecule has 1 unspecified atom stereocenters. The van der Waals surface area contributed by atoms with E-state index in [4.69, 9.17) is 14.9 Å². The fourth-order valence-electron chi connectivity index (χ4n) is 1.82. The number of ether oxygens (including phenoxy) is 1. The van der Waals surface area contributed by atoms with Crippen molar-refractivity contribution in [3.63, 3.8) is 0 Å². The molecule has 7 heteroatoms. The second-order valence-corrected chi connectivity index (χ2v) is 5.13. The number of hydrogen-bond donors (Lipinski definition) is 3. The van der Waals surface area contributed by atoms with Crippen LogP contribution in [0.3, 0.4) is 0 Å². The van der Waals surface area contributed by atoms with Gasteiger partial charge in [-0.3, -0.25) is 0 Å². The summed E-state index contributed by atoms with van der Waals surface area (Å²) >= 11 is 0. The quantitative estimate of drug-likeness (QED) is 0.717. The minimum absolute atomic E-state index is 0.342. The summed E-state index contributed by atoms with van der Waals surface area (Å²) in [5.41, 5.74) is -0.341. The van der Waals surface area contributed by atoms with Crippen LogP contribution in [0.4, 0.5) is 13.2 Å². The van der Waals surface area contributed by atoms with Crippen molar-refractivity contribution in [3.05, 3.63) is 29.3 Å². The van der Waals surface area contributed by atoms with E-state index in [1.807, 2.05) is 0 Å². The molecule has 4 nitrogen and oxygen atoms in total.